The van der Waals surface area contributed by atoms with Crippen molar-refractivity contribution in [2.24, 2.45) is 5.16 Å². The van der Waals surface area contributed by atoms with E-state index < -0.39 is 45.5 Å². The molecule has 9 nitrogen and oxygen atoms in total. The first-order valence-corrected chi connectivity index (χ1v) is 14.5. The second-order valence-electron chi connectivity index (χ2n) is 10.5. The molecule has 13 heteroatoms. The molecule has 1 spiro atoms. The van der Waals surface area contributed by atoms with E-state index >= 15 is 0 Å². The topological polar surface area (TPSA) is 102 Å². The Labute approximate surface area is 257 Å². The van der Waals surface area contributed by atoms with Crippen LogP contribution in [0.15, 0.2) is 70.8 Å². The number of nitrogens with one attached hydrogen (secondary N) is 1. The quantitative estimate of drug-likeness (QED) is 0.290. The molecule has 0 fully saturated rings. The van der Waals surface area contributed by atoms with Gasteiger partial charge in [0.1, 0.15) is 33.4 Å². The van der Waals surface area contributed by atoms with Gasteiger partial charge in [0.05, 0.1) is 6.04 Å². The fourth-order valence-corrected chi connectivity index (χ4v) is 6.20. The van der Waals surface area contributed by atoms with E-state index in [9.17, 15) is 23.2 Å². The van der Waals surface area contributed by atoms with Crippen molar-refractivity contribution in [3.05, 3.63) is 110 Å². The van der Waals surface area contributed by atoms with Crippen LogP contribution in [0.2, 0.25) is 5.02 Å². The molecule has 6 rings (SSSR count). The zero-order valence-corrected chi connectivity index (χ0v) is 25.0. The molecule has 3 atom stereocenters. The second-order valence-corrected chi connectivity index (χ2v) is 11.8. The number of carbonyl (C=O) groups excluding carboxylic acids is 2. The summed E-state index contributed by atoms with van der Waals surface area (Å²) in [6.45, 7) is 1.64. The molecule has 222 valence electrons. The third-order valence-electron chi connectivity index (χ3n) is 7.84. The lowest BCUT2D eigenvalue weighted by molar-refractivity contribution is -0.0317. The Morgan fingerprint density at radius 2 is 2.00 bits per heavy atom. The van der Waals surface area contributed by atoms with Crippen molar-refractivity contribution in [3.63, 3.8) is 0 Å². The number of halogens is 4. The Balaban J connectivity index is 1.45. The molecule has 0 unspecified atom stereocenters. The van der Waals surface area contributed by atoms with E-state index in [1.54, 1.807) is 21.6 Å². The summed E-state index contributed by atoms with van der Waals surface area (Å²) in [5.74, 6) is -3.55. The molecule has 3 aromatic rings. The number of carbonyl (C=O) groups is 2. The lowest BCUT2D eigenvalue weighted by Gasteiger charge is -2.42. The van der Waals surface area contributed by atoms with Crippen molar-refractivity contribution >= 4 is 44.0 Å². The molecule has 43 heavy (non-hydrogen) atoms. The zero-order chi connectivity index (χ0) is 30.5. The maximum Gasteiger partial charge on any atom is 0.275 e. The molecule has 3 aliphatic rings. The minimum Gasteiger partial charge on any atom is -0.483 e. The Hall–Kier alpha value is -4.03. The maximum absolute atomic E-state index is 14.5. The summed E-state index contributed by atoms with van der Waals surface area (Å²) >= 11 is 9.09. The van der Waals surface area contributed by atoms with Crippen LogP contribution in [-0.2, 0) is 18.0 Å². The monoisotopic (exact) mass is 672 g/mol. The van der Waals surface area contributed by atoms with E-state index in [2.05, 4.69) is 26.4 Å². The van der Waals surface area contributed by atoms with E-state index in [-0.39, 0.29) is 48.3 Å². The highest BCUT2D eigenvalue weighted by molar-refractivity contribution is 9.18. The predicted octanol–water partition coefficient (Wildman–Crippen LogP) is 5.11. The lowest BCUT2D eigenvalue weighted by atomic mass is 9.89. The molecule has 0 saturated carbocycles. The number of benzene rings is 2. The largest absolute Gasteiger partial charge is 0.483 e. The lowest BCUT2D eigenvalue weighted by Crippen LogP contribution is -2.53. The van der Waals surface area contributed by atoms with Crippen LogP contribution in [-0.4, -0.2) is 44.1 Å². The van der Waals surface area contributed by atoms with Crippen LogP contribution in [0.5, 0.6) is 5.75 Å². The van der Waals surface area contributed by atoms with Gasteiger partial charge in [-0.05, 0) is 40.6 Å². The van der Waals surface area contributed by atoms with Gasteiger partial charge in [0.25, 0.3) is 11.8 Å². The number of amides is 2. The van der Waals surface area contributed by atoms with Crippen LogP contribution < -0.4 is 15.5 Å². The summed E-state index contributed by atoms with van der Waals surface area (Å²) in [7, 11) is 0. The van der Waals surface area contributed by atoms with Gasteiger partial charge >= 0.3 is 0 Å². The van der Waals surface area contributed by atoms with Gasteiger partial charge < -0.3 is 24.4 Å². The van der Waals surface area contributed by atoms with E-state index in [4.69, 9.17) is 21.2 Å². The van der Waals surface area contributed by atoms with Crippen LogP contribution in [0, 0.1) is 11.6 Å². The van der Waals surface area contributed by atoms with Gasteiger partial charge in [-0.2, -0.15) is 0 Å². The van der Waals surface area contributed by atoms with Gasteiger partial charge in [-0.25, -0.2) is 8.78 Å². The maximum atomic E-state index is 14.5. The zero-order valence-electron chi connectivity index (χ0n) is 22.7. The molecule has 2 aromatic carbocycles. The number of rotatable bonds is 6. The number of aromatic nitrogens is 1. The van der Waals surface area contributed by atoms with E-state index in [1.807, 2.05) is 37.3 Å². The standard InChI is InChI=1S/C30H24BrClF2N4O5/c1-16-9-10-30(11-22(31)36-43-30)21-14-37(16)29(41)25-27(42-15-17-5-3-2-4-6-17)26(39)19(13-38(21)25)28(40)35-12-18-7-8-20(33)23(32)24(18)34/h2-10,13,16,21H,11-12,14-15H2,1H3,(H,35,40)/t16-,21+,30-/m0/s1. The highest BCUT2D eigenvalue weighted by atomic mass is 79.9. The number of oxime groups is 1. The van der Waals surface area contributed by atoms with E-state index in [0.29, 0.717) is 11.0 Å². The van der Waals surface area contributed by atoms with Crippen LogP contribution in [0.4, 0.5) is 8.78 Å². The van der Waals surface area contributed by atoms with Gasteiger partial charge in [0.15, 0.2) is 17.0 Å². The average Bonchev–Trinajstić information content (AvgIpc) is 3.33. The summed E-state index contributed by atoms with van der Waals surface area (Å²) in [6, 6.07) is 10.3. The normalized spacial score (nSPS) is 22.1. The Bertz CT molecular complexity index is 1770. The van der Waals surface area contributed by atoms with Crippen LogP contribution in [0.3, 0.4) is 0 Å². The van der Waals surface area contributed by atoms with Gasteiger partial charge in [-0.15, -0.1) is 0 Å². The van der Waals surface area contributed by atoms with Crippen molar-refractivity contribution < 1.29 is 27.9 Å². The van der Waals surface area contributed by atoms with Crippen LogP contribution in [0.1, 0.15) is 51.4 Å². The van der Waals surface area contributed by atoms with Crippen LogP contribution >= 0.6 is 27.5 Å². The van der Waals surface area contributed by atoms with Crippen LogP contribution in [0.25, 0.3) is 0 Å². The van der Waals surface area contributed by atoms with E-state index in [1.165, 1.54) is 6.20 Å². The molecule has 0 radical (unpaired) electrons. The number of ether oxygens (including phenoxy) is 1. The molecule has 2 bridgehead atoms. The SMILES string of the molecule is C[C@H]1C=C[C@]2(CC(Br)=NO2)[C@H]2CN1C(=O)c1c(OCc3ccccc3)c(=O)c(C(=O)NCc3ccc(F)c(Cl)c3F)cn12. The summed E-state index contributed by atoms with van der Waals surface area (Å²) in [6.07, 6.45) is 5.36. The third kappa shape index (κ3) is 5.12. The Morgan fingerprint density at radius 1 is 1.23 bits per heavy atom. The molecule has 0 saturated heterocycles. The summed E-state index contributed by atoms with van der Waals surface area (Å²) < 4.78 is 36.3. The van der Waals surface area contributed by atoms with Crippen molar-refractivity contribution in [2.75, 3.05) is 6.54 Å². The first kappa shape index (κ1) is 29.1. The minimum atomic E-state index is -1.02. The average molecular weight is 674 g/mol. The fourth-order valence-electron chi connectivity index (χ4n) is 5.51. The van der Waals surface area contributed by atoms with Gasteiger partial charge in [0, 0.05) is 37.3 Å². The fraction of sp³-hybridized carbons (Fsp3) is 0.267. The van der Waals surface area contributed by atoms with Crippen molar-refractivity contribution in [1.29, 1.82) is 0 Å². The first-order chi connectivity index (χ1) is 20.6. The van der Waals surface area contributed by atoms with Gasteiger partial charge in [0.2, 0.25) is 5.43 Å². The number of hydrogen-bond acceptors (Lipinski definition) is 6. The number of pyridine rings is 1. The molecule has 1 aromatic heterocycles. The second kappa shape index (κ2) is 11.2. The highest BCUT2D eigenvalue weighted by Crippen LogP contribution is 2.44. The highest BCUT2D eigenvalue weighted by Gasteiger charge is 2.52. The van der Waals surface area contributed by atoms with Crippen molar-refractivity contribution in [3.8, 4) is 5.75 Å². The Morgan fingerprint density at radius 3 is 2.72 bits per heavy atom. The minimum absolute atomic E-state index is 0.0216. The summed E-state index contributed by atoms with van der Waals surface area (Å²) in [5, 5.41) is 5.90. The third-order valence-corrected chi connectivity index (χ3v) is 8.61. The molecule has 1 N–H and O–H groups in total. The number of nitrogens with zero attached hydrogens (tertiary/aromatic N) is 3. The number of fused-ring (bicyclic) bond motifs is 5. The smallest absolute Gasteiger partial charge is 0.275 e. The Kier molecular flexibility index (Phi) is 7.59. The summed E-state index contributed by atoms with van der Waals surface area (Å²) in [4.78, 5) is 48.8. The molecule has 4 heterocycles. The molecule has 0 aliphatic carbocycles. The molecular formula is C30H24BrClF2N4O5. The molecule has 2 amide bonds. The van der Waals surface area contributed by atoms with Gasteiger partial charge in [-0.1, -0.05) is 59.2 Å². The predicted molar refractivity (Wildman–Crippen MR) is 157 cm³/mol. The van der Waals surface area contributed by atoms with Crippen molar-refractivity contribution in [1.82, 2.24) is 14.8 Å². The van der Waals surface area contributed by atoms with E-state index in [0.717, 1.165) is 17.7 Å². The van der Waals surface area contributed by atoms with Crippen molar-refractivity contribution in [2.45, 2.75) is 44.2 Å². The summed E-state index contributed by atoms with van der Waals surface area (Å²) in [5.41, 5.74) is -1.53. The van der Waals surface area contributed by atoms with Gasteiger partial charge in [-0.3, -0.25) is 14.4 Å². The first-order valence-electron chi connectivity index (χ1n) is 13.4. The number of hydrogen-bond donors (Lipinski definition) is 1. The molecule has 3 aliphatic heterocycles. The molecular weight excluding hydrogens is 650 g/mol.